The Balaban J connectivity index is 2.39. The molecule has 1 aromatic heterocycles. The molecule has 7 nitrogen and oxygen atoms in total. The smallest absolute Gasteiger partial charge is 0.203 e. The highest BCUT2D eigenvalue weighted by molar-refractivity contribution is 5.67. The summed E-state index contributed by atoms with van der Waals surface area (Å²) in [5.41, 5.74) is 0.790. The van der Waals surface area contributed by atoms with Crippen LogP contribution in [0, 0.1) is 6.92 Å². The predicted molar refractivity (Wildman–Crippen MR) is 99.7 cm³/mol. The van der Waals surface area contributed by atoms with Gasteiger partial charge in [-0.1, -0.05) is 0 Å². The molecule has 0 aliphatic heterocycles. The van der Waals surface area contributed by atoms with Crippen LogP contribution in [0.1, 0.15) is 19.7 Å². The van der Waals surface area contributed by atoms with Gasteiger partial charge in [0, 0.05) is 37.0 Å². The molecule has 0 saturated carbocycles. The van der Waals surface area contributed by atoms with Gasteiger partial charge in [0.15, 0.2) is 11.5 Å². The first-order valence-electron chi connectivity index (χ1n) is 8.23. The Kier molecular flexibility index (Phi) is 6.27. The van der Waals surface area contributed by atoms with Crippen LogP contribution in [0.25, 0.3) is 0 Å². The Morgan fingerprint density at radius 3 is 2.00 bits per heavy atom. The molecule has 1 aromatic carbocycles. The first kappa shape index (κ1) is 18.6. The zero-order valence-electron chi connectivity index (χ0n) is 15.7. The zero-order valence-corrected chi connectivity index (χ0v) is 15.7. The number of nitrogens with one attached hydrogen (secondary N) is 1. The van der Waals surface area contributed by atoms with Gasteiger partial charge in [0.05, 0.1) is 21.3 Å². The van der Waals surface area contributed by atoms with Gasteiger partial charge in [-0.25, -0.2) is 9.97 Å². The molecule has 1 heterocycles. The maximum absolute atomic E-state index is 5.39. The van der Waals surface area contributed by atoms with Crippen molar-refractivity contribution in [1.29, 1.82) is 0 Å². The molecule has 0 aliphatic rings. The Morgan fingerprint density at radius 2 is 1.52 bits per heavy atom. The van der Waals surface area contributed by atoms with Crippen molar-refractivity contribution >= 4 is 17.3 Å². The summed E-state index contributed by atoms with van der Waals surface area (Å²) in [6.45, 7) is 7.86. The van der Waals surface area contributed by atoms with Gasteiger partial charge in [0.1, 0.15) is 17.5 Å². The molecule has 0 unspecified atom stereocenters. The van der Waals surface area contributed by atoms with Crippen LogP contribution in [0.3, 0.4) is 0 Å². The summed E-state index contributed by atoms with van der Waals surface area (Å²) in [6, 6.07) is 5.62. The van der Waals surface area contributed by atoms with Gasteiger partial charge in [-0.3, -0.25) is 0 Å². The fourth-order valence-corrected chi connectivity index (χ4v) is 2.63. The lowest BCUT2D eigenvalue weighted by atomic mass is 10.2. The van der Waals surface area contributed by atoms with E-state index in [1.165, 1.54) is 0 Å². The summed E-state index contributed by atoms with van der Waals surface area (Å²) in [6.07, 6.45) is 0. The third-order valence-electron chi connectivity index (χ3n) is 3.85. The molecule has 2 rings (SSSR count). The van der Waals surface area contributed by atoms with Gasteiger partial charge in [-0.15, -0.1) is 0 Å². The third kappa shape index (κ3) is 4.23. The number of aromatic nitrogens is 2. The average molecular weight is 346 g/mol. The highest BCUT2D eigenvalue weighted by atomic mass is 16.5. The van der Waals surface area contributed by atoms with Crippen molar-refractivity contribution in [2.45, 2.75) is 20.8 Å². The highest BCUT2D eigenvalue weighted by Crippen LogP contribution is 2.40. The van der Waals surface area contributed by atoms with E-state index >= 15 is 0 Å². The van der Waals surface area contributed by atoms with Crippen LogP contribution in [-0.2, 0) is 0 Å². The van der Waals surface area contributed by atoms with E-state index in [1.807, 2.05) is 25.1 Å². The molecular weight excluding hydrogens is 320 g/mol. The van der Waals surface area contributed by atoms with Crippen molar-refractivity contribution in [2.75, 3.05) is 44.6 Å². The molecule has 1 N–H and O–H groups in total. The molecule has 136 valence electrons. The van der Waals surface area contributed by atoms with Gasteiger partial charge < -0.3 is 24.4 Å². The van der Waals surface area contributed by atoms with Crippen LogP contribution in [0.2, 0.25) is 0 Å². The number of aryl methyl sites for hydroxylation is 1. The SMILES string of the molecule is CCN(CC)c1cc(Nc2cc(OC)c(OC)c(OC)c2)nc(C)n1. The molecule has 2 aromatic rings. The van der Waals surface area contributed by atoms with E-state index in [4.69, 9.17) is 14.2 Å². The van der Waals surface area contributed by atoms with Crippen molar-refractivity contribution in [1.82, 2.24) is 9.97 Å². The van der Waals surface area contributed by atoms with E-state index in [0.717, 1.165) is 24.6 Å². The van der Waals surface area contributed by atoms with E-state index in [-0.39, 0.29) is 0 Å². The van der Waals surface area contributed by atoms with Crippen molar-refractivity contribution in [2.24, 2.45) is 0 Å². The summed E-state index contributed by atoms with van der Waals surface area (Å²) in [5, 5.41) is 3.30. The van der Waals surface area contributed by atoms with E-state index in [9.17, 15) is 0 Å². The molecular formula is C18H26N4O3. The summed E-state index contributed by atoms with van der Waals surface area (Å²) in [4.78, 5) is 11.2. The number of methoxy groups -OCH3 is 3. The average Bonchev–Trinajstić information content (AvgIpc) is 2.61. The van der Waals surface area contributed by atoms with Crippen LogP contribution < -0.4 is 24.4 Å². The second-order valence-electron chi connectivity index (χ2n) is 5.37. The van der Waals surface area contributed by atoms with Gasteiger partial charge >= 0.3 is 0 Å². The fraction of sp³-hybridized carbons (Fsp3) is 0.444. The molecule has 0 amide bonds. The number of hydrogen-bond donors (Lipinski definition) is 1. The van der Waals surface area contributed by atoms with Crippen molar-refractivity contribution in [3.63, 3.8) is 0 Å². The molecule has 0 spiro atoms. The Bertz CT molecular complexity index is 692. The lowest BCUT2D eigenvalue weighted by Gasteiger charge is -2.21. The number of anilines is 3. The van der Waals surface area contributed by atoms with Crippen LogP contribution in [-0.4, -0.2) is 44.4 Å². The second kappa shape index (κ2) is 8.41. The van der Waals surface area contributed by atoms with Gasteiger partial charge in [-0.05, 0) is 20.8 Å². The topological polar surface area (TPSA) is 68.7 Å². The summed E-state index contributed by atoms with van der Waals surface area (Å²) in [7, 11) is 4.76. The van der Waals surface area contributed by atoms with E-state index < -0.39 is 0 Å². The first-order chi connectivity index (χ1) is 12.1. The molecule has 0 atom stereocenters. The molecule has 0 fully saturated rings. The zero-order chi connectivity index (χ0) is 18.4. The molecule has 0 radical (unpaired) electrons. The van der Waals surface area contributed by atoms with Crippen molar-refractivity contribution in [3.8, 4) is 17.2 Å². The maximum atomic E-state index is 5.39. The number of nitrogens with zero attached hydrogens (tertiary/aromatic N) is 3. The molecule has 0 bridgehead atoms. The number of rotatable bonds is 8. The minimum absolute atomic E-state index is 0.554. The van der Waals surface area contributed by atoms with E-state index in [1.54, 1.807) is 21.3 Å². The lowest BCUT2D eigenvalue weighted by Crippen LogP contribution is -2.23. The normalized spacial score (nSPS) is 10.3. The Hall–Kier alpha value is -2.70. The number of benzene rings is 1. The lowest BCUT2D eigenvalue weighted by molar-refractivity contribution is 0.324. The van der Waals surface area contributed by atoms with Gasteiger partial charge in [0.25, 0.3) is 0 Å². The summed E-state index contributed by atoms with van der Waals surface area (Å²) >= 11 is 0. The van der Waals surface area contributed by atoms with Crippen molar-refractivity contribution in [3.05, 3.63) is 24.0 Å². The number of ether oxygens (including phenoxy) is 3. The quantitative estimate of drug-likeness (QED) is 0.785. The fourth-order valence-electron chi connectivity index (χ4n) is 2.63. The second-order valence-corrected chi connectivity index (χ2v) is 5.37. The van der Waals surface area contributed by atoms with Gasteiger partial charge in [0.2, 0.25) is 5.75 Å². The van der Waals surface area contributed by atoms with Crippen LogP contribution in [0.5, 0.6) is 17.2 Å². The monoisotopic (exact) mass is 346 g/mol. The van der Waals surface area contributed by atoms with E-state index in [0.29, 0.717) is 28.9 Å². The summed E-state index contributed by atoms with van der Waals surface area (Å²) < 4.78 is 16.1. The maximum Gasteiger partial charge on any atom is 0.203 e. The molecule has 25 heavy (non-hydrogen) atoms. The molecule has 7 heteroatoms. The summed E-state index contributed by atoms with van der Waals surface area (Å²) in [5.74, 6) is 4.03. The Labute approximate surface area is 148 Å². The predicted octanol–water partition coefficient (Wildman–Crippen LogP) is 3.40. The largest absolute Gasteiger partial charge is 0.493 e. The molecule has 0 aliphatic carbocycles. The van der Waals surface area contributed by atoms with Crippen molar-refractivity contribution < 1.29 is 14.2 Å². The highest BCUT2D eigenvalue weighted by Gasteiger charge is 2.14. The van der Waals surface area contributed by atoms with Crippen LogP contribution in [0.15, 0.2) is 18.2 Å². The molecule has 0 saturated heterocycles. The van der Waals surface area contributed by atoms with Gasteiger partial charge in [-0.2, -0.15) is 0 Å². The third-order valence-corrected chi connectivity index (χ3v) is 3.85. The Morgan fingerprint density at radius 1 is 0.920 bits per heavy atom. The van der Waals surface area contributed by atoms with Crippen LogP contribution in [0.4, 0.5) is 17.3 Å². The van der Waals surface area contributed by atoms with Crippen LogP contribution >= 0.6 is 0 Å². The first-order valence-corrected chi connectivity index (χ1v) is 8.23. The minimum atomic E-state index is 0.554. The standard InChI is InChI=1S/C18H26N4O3/c1-7-22(8-2)17-11-16(19-12(3)20-17)21-13-9-14(23-4)18(25-6)15(10-13)24-5/h9-11H,7-8H2,1-6H3,(H,19,20,21). The minimum Gasteiger partial charge on any atom is -0.493 e. The number of hydrogen-bond acceptors (Lipinski definition) is 7. The van der Waals surface area contributed by atoms with E-state index in [2.05, 4.69) is 34.0 Å².